The maximum Gasteiger partial charge on any atom is 0.169 e. The van der Waals surface area contributed by atoms with E-state index in [0.29, 0.717) is 17.0 Å². The average molecular weight is 257 g/mol. The van der Waals surface area contributed by atoms with Gasteiger partial charge in [0.2, 0.25) is 0 Å². The van der Waals surface area contributed by atoms with Crippen LogP contribution in [0.1, 0.15) is 23.2 Å². The van der Waals surface area contributed by atoms with Crippen molar-refractivity contribution >= 4 is 11.0 Å². The van der Waals surface area contributed by atoms with Crippen LogP contribution in [0.4, 0.5) is 4.39 Å². The molecule has 3 aromatic rings. The lowest BCUT2D eigenvalue weighted by atomic mass is 10.2. The number of benzene rings is 1. The minimum Gasteiger partial charge on any atom is -0.456 e. The van der Waals surface area contributed by atoms with Gasteiger partial charge in [0.1, 0.15) is 11.8 Å². The van der Waals surface area contributed by atoms with E-state index in [2.05, 4.69) is 9.97 Å². The van der Waals surface area contributed by atoms with Gasteiger partial charge in [0.15, 0.2) is 17.2 Å². The van der Waals surface area contributed by atoms with Gasteiger partial charge in [-0.05, 0) is 24.6 Å². The third-order valence-corrected chi connectivity index (χ3v) is 2.90. The average Bonchev–Trinajstić information content (AvgIpc) is 2.84. The van der Waals surface area contributed by atoms with Crippen molar-refractivity contribution in [2.75, 3.05) is 0 Å². The highest BCUT2D eigenvalue weighted by molar-refractivity contribution is 5.78. The number of nitrogens with zero attached hydrogens (tertiary/aromatic N) is 2. The van der Waals surface area contributed by atoms with E-state index in [1.165, 1.54) is 6.07 Å². The highest BCUT2D eigenvalue weighted by Crippen LogP contribution is 2.26. The van der Waals surface area contributed by atoms with Gasteiger partial charge in [-0.3, -0.25) is 0 Å². The molecule has 0 saturated carbocycles. The second-order valence-corrected chi connectivity index (χ2v) is 4.40. The third kappa shape index (κ3) is 2.08. The molecule has 0 aliphatic carbocycles. The molecule has 0 saturated heterocycles. The second-order valence-electron chi connectivity index (χ2n) is 4.40. The van der Waals surface area contributed by atoms with E-state index in [4.69, 9.17) is 10.2 Å². The highest BCUT2D eigenvalue weighted by atomic mass is 19.1. The summed E-state index contributed by atoms with van der Waals surface area (Å²) >= 11 is 0. The van der Waals surface area contributed by atoms with Crippen LogP contribution in [-0.2, 0) is 0 Å². The van der Waals surface area contributed by atoms with E-state index in [-0.39, 0.29) is 5.58 Å². The molecule has 1 unspecified atom stereocenters. The molecule has 0 spiro atoms. The Balaban J connectivity index is 2.04. The Morgan fingerprint density at radius 3 is 2.68 bits per heavy atom. The molecule has 2 aromatic heterocycles. The minimum atomic E-state index is -0.604. The third-order valence-electron chi connectivity index (χ3n) is 2.90. The van der Waals surface area contributed by atoms with Crippen LogP contribution in [0.25, 0.3) is 11.0 Å². The first-order valence-electron chi connectivity index (χ1n) is 5.87. The topological polar surface area (TPSA) is 64.9 Å². The number of aromatic nitrogens is 2. The lowest BCUT2D eigenvalue weighted by molar-refractivity contribution is 0.495. The fourth-order valence-corrected chi connectivity index (χ4v) is 1.89. The van der Waals surface area contributed by atoms with E-state index in [0.717, 1.165) is 5.56 Å². The lowest BCUT2D eigenvalue weighted by Crippen LogP contribution is -2.14. The number of rotatable bonds is 2. The number of nitrogens with two attached hydrogens (primary N) is 1. The molecule has 1 aromatic carbocycles. The number of fused-ring (bicyclic) bond motifs is 1. The summed E-state index contributed by atoms with van der Waals surface area (Å²) in [6, 6.07) is 5.86. The quantitative estimate of drug-likeness (QED) is 0.766. The van der Waals surface area contributed by atoms with Gasteiger partial charge in [0.25, 0.3) is 0 Å². The molecule has 96 valence electrons. The summed E-state index contributed by atoms with van der Waals surface area (Å²) in [5.74, 6) is 0.495. The van der Waals surface area contributed by atoms with Crippen LogP contribution in [0.3, 0.4) is 0 Å². The van der Waals surface area contributed by atoms with E-state index < -0.39 is 11.9 Å². The normalized spacial score (nSPS) is 12.8. The molecular weight excluding hydrogens is 245 g/mol. The zero-order valence-electron chi connectivity index (χ0n) is 10.3. The molecule has 0 aliphatic rings. The molecular formula is C14H12FN3O. The molecule has 1 atom stereocenters. The predicted octanol–water partition coefficient (Wildman–Crippen LogP) is 2.72. The van der Waals surface area contributed by atoms with Gasteiger partial charge in [0.05, 0.1) is 0 Å². The number of aryl methyl sites for hydroxylation is 1. The maximum absolute atomic E-state index is 13.6. The summed E-state index contributed by atoms with van der Waals surface area (Å²) in [5, 5.41) is 0.678. The molecule has 19 heavy (non-hydrogen) atoms. The molecule has 0 fully saturated rings. The molecule has 2 heterocycles. The second kappa shape index (κ2) is 4.44. The number of para-hydroxylation sites is 1. The van der Waals surface area contributed by atoms with Gasteiger partial charge in [-0.1, -0.05) is 12.1 Å². The van der Waals surface area contributed by atoms with Crippen molar-refractivity contribution in [1.82, 2.24) is 9.97 Å². The molecule has 4 nitrogen and oxygen atoms in total. The van der Waals surface area contributed by atoms with Crippen LogP contribution in [0.2, 0.25) is 0 Å². The summed E-state index contributed by atoms with van der Waals surface area (Å²) in [6.45, 7) is 1.89. The molecule has 3 rings (SSSR count). The zero-order chi connectivity index (χ0) is 13.4. The van der Waals surface area contributed by atoms with Gasteiger partial charge in [-0.2, -0.15) is 0 Å². The van der Waals surface area contributed by atoms with Crippen molar-refractivity contribution in [2.24, 2.45) is 5.73 Å². The van der Waals surface area contributed by atoms with Gasteiger partial charge in [-0.25, -0.2) is 14.4 Å². The fraction of sp³-hybridized carbons (Fsp3) is 0.143. The molecule has 0 amide bonds. The first-order valence-corrected chi connectivity index (χ1v) is 5.87. The standard InChI is InChI=1S/C14H12FN3O/c1-8-6-17-14(18-7-8)12(16)11-5-9-3-2-4-10(15)13(9)19-11/h2-7,12H,16H2,1H3. The summed E-state index contributed by atoms with van der Waals surface area (Å²) in [6.07, 6.45) is 3.37. The monoisotopic (exact) mass is 257 g/mol. The van der Waals surface area contributed by atoms with Crippen molar-refractivity contribution in [1.29, 1.82) is 0 Å². The van der Waals surface area contributed by atoms with E-state index in [9.17, 15) is 4.39 Å². The van der Waals surface area contributed by atoms with Crippen molar-refractivity contribution in [2.45, 2.75) is 13.0 Å². The van der Waals surface area contributed by atoms with Crippen LogP contribution in [0, 0.1) is 12.7 Å². The van der Waals surface area contributed by atoms with Crippen LogP contribution in [-0.4, -0.2) is 9.97 Å². The van der Waals surface area contributed by atoms with Crippen LogP contribution in [0.5, 0.6) is 0 Å². The summed E-state index contributed by atoms with van der Waals surface area (Å²) in [7, 11) is 0. The smallest absolute Gasteiger partial charge is 0.169 e. The van der Waals surface area contributed by atoms with Crippen LogP contribution >= 0.6 is 0 Å². The van der Waals surface area contributed by atoms with Crippen molar-refractivity contribution in [3.63, 3.8) is 0 Å². The molecule has 0 radical (unpaired) electrons. The van der Waals surface area contributed by atoms with Crippen LogP contribution < -0.4 is 5.73 Å². The first kappa shape index (κ1) is 11.8. The van der Waals surface area contributed by atoms with Gasteiger partial charge >= 0.3 is 0 Å². The minimum absolute atomic E-state index is 0.208. The van der Waals surface area contributed by atoms with Gasteiger partial charge in [-0.15, -0.1) is 0 Å². The summed E-state index contributed by atoms with van der Waals surface area (Å²) in [5.41, 5.74) is 7.20. The zero-order valence-corrected chi connectivity index (χ0v) is 10.3. The Labute approximate surface area is 109 Å². The summed E-state index contributed by atoms with van der Waals surface area (Å²) in [4.78, 5) is 8.31. The van der Waals surface area contributed by atoms with E-state index >= 15 is 0 Å². The largest absolute Gasteiger partial charge is 0.456 e. The van der Waals surface area contributed by atoms with Crippen LogP contribution in [0.15, 0.2) is 41.1 Å². The van der Waals surface area contributed by atoms with Gasteiger partial charge < -0.3 is 10.2 Å². The summed E-state index contributed by atoms with van der Waals surface area (Å²) < 4.78 is 19.0. The number of hydrogen-bond donors (Lipinski definition) is 1. The molecule has 0 aliphatic heterocycles. The van der Waals surface area contributed by atoms with Gasteiger partial charge in [0, 0.05) is 17.8 Å². The number of halogens is 1. The predicted molar refractivity (Wildman–Crippen MR) is 69.0 cm³/mol. The molecule has 2 N–H and O–H groups in total. The molecule has 0 bridgehead atoms. The van der Waals surface area contributed by atoms with Crippen molar-refractivity contribution < 1.29 is 8.81 Å². The SMILES string of the molecule is Cc1cnc(C(N)c2cc3cccc(F)c3o2)nc1. The Morgan fingerprint density at radius 1 is 1.26 bits per heavy atom. The number of hydrogen-bond acceptors (Lipinski definition) is 4. The maximum atomic E-state index is 13.6. The van der Waals surface area contributed by atoms with Crippen molar-refractivity contribution in [3.05, 3.63) is 59.6 Å². The Bertz CT molecular complexity index is 721. The highest BCUT2D eigenvalue weighted by Gasteiger charge is 2.17. The Morgan fingerprint density at radius 2 is 2.00 bits per heavy atom. The number of furan rings is 1. The molecule has 5 heteroatoms. The fourth-order valence-electron chi connectivity index (χ4n) is 1.89. The first-order chi connectivity index (χ1) is 9.15. The Kier molecular flexibility index (Phi) is 2.76. The van der Waals surface area contributed by atoms with E-state index in [1.807, 2.05) is 6.92 Å². The Hall–Kier alpha value is -2.27. The van der Waals surface area contributed by atoms with E-state index in [1.54, 1.807) is 30.6 Å². The van der Waals surface area contributed by atoms with Crippen molar-refractivity contribution in [3.8, 4) is 0 Å². The lowest BCUT2D eigenvalue weighted by Gasteiger charge is -2.06.